The third-order valence-electron chi connectivity index (χ3n) is 3.80. The second-order valence-electron chi connectivity index (χ2n) is 6.76. The summed E-state index contributed by atoms with van der Waals surface area (Å²) < 4.78 is 5.81. The molecule has 1 atom stereocenters. The minimum Gasteiger partial charge on any atom is -0.489 e. The first kappa shape index (κ1) is 18.0. The predicted molar refractivity (Wildman–Crippen MR) is 96.8 cm³/mol. The first-order valence-electron chi connectivity index (χ1n) is 8.14. The average Bonchev–Trinajstić information content (AvgIpc) is 2.52. The number of carbonyl (C=O) groups excluding carboxylic acids is 1. The zero-order chi connectivity index (χ0) is 17.7. The first-order valence-corrected chi connectivity index (χ1v) is 8.14. The number of hydrogen-bond acceptors (Lipinski definition) is 3. The van der Waals surface area contributed by atoms with E-state index in [1.807, 2.05) is 43.3 Å². The largest absolute Gasteiger partial charge is 0.489 e. The maximum absolute atomic E-state index is 11.9. The molecule has 0 saturated heterocycles. The van der Waals surface area contributed by atoms with Crippen LogP contribution in [0.25, 0.3) is 0 Å². The summed E-state index contributed by atoms with van der Waals surface area (Å²) in [5.41, 5.74) is 8.29. The van der Waals surface area contributed by atoms with Gasteiger partial charge >= 0.3 is 0 Å². The number of amides is 1. The monoisotopic (exact) mass is 326 g/mol. The Hall–Kier alpha value is -2.33. The summed E-state index contributed by atoms with van der Waals surface area (Å²) >= 11 is 0. The molecule has 0 fully saturated rings. The van der Waals surface area contributed by atoms with Crippen LogP contribution in [0, 0.1) is 6.92 Å². The lowest BCUT2D eigenvalue weighted by molar-refractivity contribution is -0.125. The molecule has 0 aromatic heterocycles. The van der Waals surface area contributed by atoms with Crippen LogP contribution in [0.15, 0.2) is 48.5 Å². The summed E-state index contributed by atoms with van der Waals surface area (Å²) in [4.78, 5) is 11.9. The zero-order valence-electron chi connectivity index (χ0n) is 14.8. The van der Waals surface area contributed by atoms with Crippen molar-refractivity contribution in [2.75, 3.05) is 0 Å². The number of ether oxygens (including phenoxy) is 1. The number of benzene rings is 2. The number of hydrogen-bond donors (Lipinski definition) is 2. The summed E-state index contributed by atoms with van der Waals surface area (Å²) in [5, 5.41) is 2.91. The highest BCUT2D eigenvalue weighted by molar-refractivity contribution is 5.85. The highest BCUT2D eigenvalue weighted by atomic mass is 16.5. The van der Waals surface area contributed by atoms with Crippen LogP contribution in [-0.4, -0.2) is 11.4 Å². The number of carbonyl (C=O) groups is 1. The van der Waals surface area contributed by atoms with E-state index in [9.17, 15) is 4.79 Å². The molecule has 0 aliphatic heterocycles. The molecule has 2 rings (SSSR count). The second kappa shape index (κ2) is 7.49. The lowest BCUT2D eigenvalue weighted by Crippen LogP contribution is -2.49. The van der Waals surface area contributed by atoms with Crippen molar-refractivity contribution in [3.63, 3.8) is 0 Å². The van der Waals surface area contributed by atoms with Gasteiger partial charge in [0.05, 0.1) is 11.6 Å². The fourth-order valence-electron chi connectivity index (χ4n) is 2.29. The van der Waals surface area contributed by atoms with E-state index in [0.29, 0.717) is 6.61 Å². The van der Waals surface area contributed by atoms with Crippen molar-refractivity contribution in [2.45, 2.75) is 45.9 Å². The fraction of sp³-hybridized carbons (Fsp3) is 0.350. The topological polar surface area (TPSA) is 64.3 Å². The summed E-state index contributed by atoms with van der Waals surface area (Å²) in [6.07, 6.45) is 0. The summed E-state index contributed by atoms with van der Waals surface area (Å²) in [5.74, 6) is 0.632. The van der Waals surface area contributed by atoms with E-state index >= 15 is 0 Å². The van der Waals surface area contributed by atoms with E-state index in [-0.39, 0.29) is 11.9 Å². The number of nitrogens with two attached hydrogens (primary N) is 1. The SMILES string of the molecule is Cc1cccc(COc2ccc(C(C)NC(=O)C(C)(C)N)cc2)c1. The van der Waals surface area contributed by atoms with Gasteiger partial charge in [0, 0.05) is 0 Å². The Balaban J connectivity index is 1.94. The summed E-state index contributed by atoms with van der Waals surface area (Å²) in [6, 6.07) is 15.9. The second-order valence-corrected chi connectivity index (χ2v) is 6.76. The van der Waals surface area contributed by atoms with Crippen LogP contribution in [0.3, 0.4) is 0 Å². The van der Waals surface area contributed by atoms with Crippen molar-refractivity contribution in [1.29, 1.82) is 0 Å². The molecule has 0 radical (unpaired) electrons. The van der Waals surface area contributed by atoms with Gasteiger partial charge in [0.15, 0.2) is 0 Å². The minimum atomic E-state index is -0.884. The molecule has 0 heterocycles. The van der Waals surface area contributed by atoms with Crippen molar-refractivity contribution in [2.24, 2.45) is 5.73 Å². The molecule has 1 unspecified atom stereocenters. The van der Waals surface area contributed by atoms with Gasteiger partial charge in [-0.2, -0.15) is 0 Å². The molecule has 3 N–H and O–H groups in total. The average molecular weight is 326 g/mol. The van der Waals surface area contributed by atoms with Crippen LogP contribution < -0.4 is 15.8 Å². The quantitative estimate of drug-likeness (QED) is 0.854. The Morgan fingerprint density at radius 1 is 1.21 bits per heavy atom. The zero-order valence-corrected chi connectivity index (χ0v) is 14.8. The molecule has 0 spiro atoms. The maximum Gasteiger partial charge on any atom is 0.239 e. The first-order chi connectivity index (χ1) is 11.3. The van der Waals surface area contributed by atoms with E-state index in [2.05, 4.69) is 24.4 Å². The standard InChI is InChI=1S/C20H26N2O2/c1-14-6-5-7-16(12-14)13-24-18-10-8-17(9-11-18)15(2)22-19(23)20(3,4)21/h5-12,15H,13,21H2,1-4H3,(H,22,23). The highest BCUT2D eigenvalue weighted by Gasteiger charge is 2.23. The van der Waals surface area contributed by atoms with Gasteiger partial charge in [-0.15, -0.1) is 0 Å². The van der Waals surface area contributed by atoms with Crippen LogP contribution >= 0.6 is 0 Å². The molecule has 0 aliphatic carbocycles. The molecule has 128 valence electrons. The molecule has 4 nitrogen and oxygen atoms in total. The van der Waals surface area contributed by atoms with Crippen LogP contribution in [0.1, 0.15) is 43.5 Å². The van der Waals surface area contributed by atoms with Crippen LogP contribution in [0.5, 0.6) is 5.75 Å². The van der Waals surface area contributed by atoms with Gasteiger partial charge in [0.25, 0.3) is 0 Å². The summed E-state index contributed by atoms with van der Waals surface area (Å²) in [6.45, 7) is 7.92. The van der Waals surface area contributed by atoms with Crippen molar-refractivity contribution in [3.8, 4) is 5.75 Å². The molecule has 1 amide bonds. The van der Waals surface area contributed by atoms with Crippen molar-refractivity contribution in [3.05, 3.63) is 65.2 Å². The van der Waals surface area contributed by atoms with Gasteiger partial charge < -0.3 is 15.8 Å². The van der Waals surface area contributed by atoms with Gasteiger partial charge in [-0.25, -0.2) is 0 Å². The van der Waals surface area contributed by atoms with E-state index in [1.165, 1.54) is 5.56 Å². The van der Waals surface area contributed by atoms with Crippen LogP contribution in [0.2, 0.25) is 0 Å². The highest BCUT2D eigenvalue weighted by Crippen LogP contribution is 2.19. The van der Waals surface area contributed by atoms with E-state index in [0.717, 1.165) is 16.9 Å². The molecule has 0 aliphatic rings. The smallest absolute Gasteiger partial charge is 0.239 e. The lowest BCUT2D eigenvalue weighted by Gasteiger charge is -2.22. The van der Waals surface area contributed by atoms with Gasteiger partial charge in [-0.05, 0) is 51.0 Å². The molecule has 4 heteroatoms. The van der Waals surface area contributed by atoms with Gasteiger partial charge in [0.2, 0.25) is 5.91 Å². The van der Waals surface area contributed by atoms with Crippen LogP contribution in [-0.2, 0) is 11.4 Å². The van der Waals surface area contributed by atoms with E-state index in [4.69, 9.17) is 10.5 Å². The maximum atomic E-state index is 11.9. The fourth-order valence-corrected chi connectivity index (χ4v) is 2.29. The molecular weight excluding hydrogens is 300 g/mol. The molecule has 0 saturated carbocycles. The van der Waals surface area contributed by atoms with Crippen LogP contribution in [0.4, 0.5) is 0 Å². The van der Waals surface area contributed by atoms with Gasteiger partial charge in [-0.1, -0.05) is 42.0 Å². The number of aryl methyl sites for hydroxylation is 1. The number of rotatable bonds is 6. The molecule has 0 bridgehead atoms. The van der Waals surface area contributed by atoms with E-state index in [1.54, 1.807) is 13.8 Å². The third kappa shape index (κ3) is 5.10. The lowest BCUT2D eigenvalue weighted by atomic mass is 10.0. The molecule has 2 aromatic rings. The van der Waals surface area contributed by atoms with Crippen molar-refractivity contribution >= 4 is 5.91 Å². The van der Waals surface area contributed by atoms with E-state index < -0.39 is 5.54 Å². The predicted octanol–water partition coefficient (Wildman–Crippen LogP) is 3.49. The van der Waals surface area contributed by atoms with Crippen molar-refractivity contribution < 1.29 is 9.53 Å². The normalized spacial score (nSPS) is 12.5. The summed E-state index contributed by atoms with van der Waals surface area (Å²) in [7, 11) is 0. The van der Waals surface area contributed by atoms with Gasteiger partial charge in [-0.3, -0.25) is 4.79 Å². The molecular formula is C20H26N2O2. The Morgan fingerprint density at radius 3 is 2.46 bits per heavy atom. The number of nitrogens with one attached hydrogen (secondary N) is 1. The Kier molecular flexibility index (Phi) is 5.62. The Labute approximate surface area is 144 Å². The Bertz CT molecular complexity index is 688. The molecule has 2 aromatic carbocycles. The van der Waals surface area contributed by atoms with Gasteiger partial charge in [0.1, 0.15) is 12.4 Å². The minimum absolute atomic E-state index is 0.105. The van der Waals surface area contributed by atoms with Crippen molar-refractivity contribution in [1.82, 2.24) is 5.32 Å². The Morgan fingerprint density at radius 2 is 1.88 bits per heavy atom. The molecule has 24 heavy (non-hydrogen) atoms. The third-order valence-corrected chi connectivity index (χ3v) is 3.80.